The molecule has 0 aliphatic heterocycles. The molecule has 1 saturated carbocycles. The molecule has 1 aromatic heterocycles. The van der Waals surface area contributed by atoms with E-state index in [1.54, 1.807) is 6.92 Å². The molecule has 1 aliphatic carbocycles. The largest absolute Gasteiger partial charge is 0.481 e. The van der Waals surface area contributed by atoms with Gasteiger partial charge in [0.05, 0.1) is 10.3 Å². The highest BCUT2D eigenvalue weighted by atomic mass is 127. The summed E-state index contributed by atoms with van der Waals surface area (Å²) in [5, 5.41) is 23.2. The van der Waals surface area contributed by atoms with Gasteiger partial charge in [-0.2, -0.15) is 4.98 Å². The Hall–Kier alpha value is -1.52. The highest BCUT2D eigenvalue weighted by molar-refractivity contribution is 14.1. The number of carboxylic acids is 1. The van der Waals surface area contributed by atoms with Crippen molar-refractivity contribution in [3.63, 3.8) is 0 Å². The van der Waals surface area contributed by atoms with Crippen LogP contribution in [0.3, 0.4) is 0 Å². The predicted octanol–water partition coefficient (Wildman–Crippen LogP) is 2.43. The van der Waals surface area contributed by atoms with Gasteiger partial charge in [-0.15, -0.1) is 0 Å². The zero-order valence-corrected chi connectivity index (χ0v) is 13.5. The second-order valence-corrected chi connectivity index (χ2v) is 6.38. The minimum Gasteiger partial charge on any atom is -0.481 e. The van der Waals surface area contributed by atoms with Crippen LogP contribution in [0.2, 0.25) is 0 Å². The maximum Gasteiger partial charge on any atom is 0.329 e. The summed E-state index contributed by atoms with van der Waals surface area (Å²) < 4.78 is 0.423. The summed E-state index contributed by atoms with van der Waals surface area (Å²) >= 11 is 1.89. The molecule has 0 spiro atoms. The molecule has 21 heavy (non-hydrogen) atoms. The number of nitro groups is 1. The van der Waals surface area contributed by atoms with Gasteiger partial charge < -0.3 is 10.4 Å². The number of carbonyl (C=O) groups is 1. The number of hydrogen-bond donors (Lipinski definition) is 2. The first-order valence-electron chi connectivity index (χ1n) is 6.49. The molecule has 114 valence electrons. The average Bonchev–Trinajstić information content (AvgIpc) is 2.41. The maximum atomic E-state index is 11.2. The number of aromatic nitrogens is 2. The summed E-state index contributed by atoms with van der Waals surface area (Å²) in [7, 11) is 0. The van der Waals surface area contributed by atoms with Crippen LogP contribution >= 0.6 is 22.6 Å². The SMILES string of the molecule is CC1(C(=O)O)CCC(Nc2nc(I)ncc2[N+](=O)[O-])CC1. The van der Waals surface area contributed by atoms with Crippen molar-refractivity contribution in [1.82, 2.24) is 9.97 Å². The van der Waals surface area contributed by atoms with E-state index >= 15 is 0 Å². The molecular formula is C12H15IN4O4. The van der Waals surface area contributed by atoms with Crippen molar-refractivity contribution in [2.75, 3.05) is 5.32 Å². The van der Waals surface area contributed by atoms with Crippen LogP contribution in [0.25, 0.3) is 0 Å². The fourth-order valence-electron chi connectivity index (χ4n) is 2.40. The lowest BCUT2D eigenvalue weighted by atomic mass is 9.74. The summed E-state index contributed by atoms with van der Waals surface area (Å²) in [4.78, 5) is 29.5. The van der Waals surface area contributed by atoms with Crippen LogP contribution in [0.1, 0.15) is 32.6 Å². The van der Waals surface area contributed by atoms with Crippen LogP contribution in [-0.2, 0) is 4.79 Å². The third-order valence-electron chi connectivity index (χ3n) is 3.88. The van der Waals surface area contributed by atoms with Crippen LogP contribution in [0, 0.1) is 19.4 Å². The monoisotopic (exact) mass is 406 g/mol. The maximum absolute atomic E-state index is 11.2. The van der Waals surface area contributed by atoms with E-state index in [1.165, 1.54) is 6.20 Å². The van der Waals surface area contributed by atoms with E-state index < -0.39 is 16.3 Å². The zero-order valence-electron chi connectivity index (χ0n) is 11.4. The lowest BCUT2D eigenvalue weighted by molar-refractivity contribution is -0.384. The van der Waals surface area contributed by atoms with Crippen molar-refractivity contribution < 1.29 is 14.8 Å². The van der Waals surface area contributed by atoms with Gasteiger partial charge >= 0.3 is 11.7 Å². The van der Waals surface area contributed by atoms with Gasteiger partial charge in [0.15, 0.2) is 3.83 Å². The van der Waals surface area contributed by atoms with Crippen molar-refractivity contribution in [3.05, 3.63) is 20.1 Å². The molecule has 1 fully saturated rings. The highest BCUT2D eigenvalue weighted by Crippen LogP contribution is 2.37. The number of halogens is 1. The third-order valence-corrected chi connectivity index (χ3v) is 4.40. The van der Waals surface area contributed by atoms with Gasteiger partial charge in [-0.25, -0.2) is 4.98 Å². The van der Waals surface area contributed by atoms with Crippen molar-refractivity contribution in [1.29, 1.82) is 0 Å². The standard InChI is InChI=1S/C12H15IN4O4/c1-12(10(18)19)4-2-7(3-5-12)15-9-8(17(20)21)6-14-11(13)16-9/h6-7H,2-5H2,1H3,(H,18,19)(H,14,15,16). The molecular weight excluding hydrogens is 391 g/mol. The zero-order chi connectivity index (χ0) is 15.6. The molecule has 0 unspecified atom stereocenters. The Morgan fingerprint density at radius 2 is 2.19 bits per heavy atom. The van der Waals surface area contributed by atoms with Crippen molar-refractivity contribution >= 4 is 40.1 Å². The van der Waals surface area contributed by atoms with E-state index in [0.29, 0.717) is 29.5 Å². The summed E-state index contributed by atoms with van der Waals surface area (Å²) in [6, 6.07) is -0.0122. The molecule has 0 radical (unpaired) electrons. The molecule has 0 saturated heterocycles. The number of nitrogens with one attached hydrogen (secondary N) is 1. The first kappa shape index (κ1) is 15.9. The molecule has 0 aromatic carbocycles. The number of carboxylic acid groups (broad SMARTS) is 1. The van der Waals surface area contributed by atoms with Crippen molar-refractivity contribution in [2.24, 2.45) is 5.41 Å². The highest BCUT2D eigenvalue weighted by Gasteiger charge is 2.38. The Morgan fingerprint density at radius 3 is 2.71 bits per heavy atom. The third kappa shape index (κ3) is 3.57. The Labute approximate surface area is 134 Å². The van der Waals surface area contributed by atoms with Crippen molar-refractivity contribution in [2.45, 2.75) is 38.6 Å². The fourth-order valence-corrected chi connectivity index (χ4v) is 2.78. The Bertz CT molecular complexity index is 572. The molecule has 2 N–H and O–H groups in total. The molecule has 2 rings (SSSR count). The van der Waals surface area contributed by atoms with Crippen LogP contribution in [0.5, 0.6) is 0 Å². The second-order valence-electron chi connectivity index (χ2n) is 5.41. The molecule has 0 amide bonds. The second kappa shape index (κ2) is 6.08. The molecule has 9 heteroatoms. The van der Waals surface area contributed by atoms with Crippen molar-refractivity contribution in [3.8, 4) is 0 Å². The molecule has 0 atom stereocenters. The van der Waals surface area contributed by atoms with Crippen LogP contribution < -0.4 is 5.32 Å². The fraction of sp³-hybridized carbons (Fsp3) is 0.583. The van der Waals surface area contributed by atoms with E-state index in [-0.39, 0.29) is 17.5 Å². The van der Waals surface area contributed by atoms with Crippen LogP contribution in [0.4, 0.5) is 11.5 Å². The Morgan fingerprint density at radius 1 is 1.57 bits per heavy atom. The van der Waals surface area contributed by atoms with Crippen LogP contribution in [-0.4, -0.2) is 32.0 Å². The van der Waals surface area contributed by atoms with Gasteiger partial charge in [0, 0.05) is 28.6 Å². The minimum absolute atomic E-state index is 0.0122. The Balaban J connectivity index is 2.09. The molecule has 0 bridgehead atoms. The summed E-state index contributed by atoms with van der Waals surface area (Å²) in [6.45, 7) is 1.74. The molecule has 8 nitrogen and oxygen atoms in total. The molecule has 1 aliphatic rings. The van der Waals surface area contributed by atoms with E-state index in [4.69, 9.17) is 0 Å². The Kier molecular flexibility index (Phi) is 4.59. The normalized spacial score (nSPS) is 25.3. The minimum atomic E-state index is -0.788. The quantitative estimate of drug-likeness (QED) is 0.341. The van der Waals surface area contributed by atoms with E-state index in [2.05, 4.69) is 15.3 Å². The van der Waals surface area contributed by atoms with E-state index in [9.17, 15) is 20.0 Å². The number of aliphatic carboxylic acids is 1. The average molecular weight is 406 g/mol. The number of nitrogens with zero attached hydrogens (tertiary/aromatic N) is 3. The molecule has 1 heterocycles. The topological polar surface area (TPSA) is 118 Å². The molecule has 1 aromatic rings. The summed E-state index contributed by atoms with van der Waals surface area (Å²) in [6.07, 6.45) is 3.54. The number of hydrogen-bond acceptors (Lipinski definition) is 6. The van der Waals surface area contributed by atoms with Gasteiger partial charge in [0.25, 0.3) is 0 Å². The lowest BCUT2D eigenvalue weighted by Crippen LogP contribution is -2.37. The summed E-state index contributed by atoms with van der Waals surface area (Å²) in [5.74, 6) is -0.591. The van der Waals surface area contributed by atoms with Gasteiger partial charge in [-0.1, -0.05) is 0 Å². The van der Waals surface area contributed by atoms with Gasteiger partial charge in [-0.3, -0.25) is 14.9 Å². The van der Waals surface area contributed by atoms with Gasteiger partial charge in [0.1, 0.15) is 6.20 Å². The lowest BCUT2D eigenvalue weighted by Gasteiger charge is -2.34. The van der Waals surface area contributed by atoms with E-state index in [1.807, 2.05) is 22.6 Å². The van der Waals surface area contributed by atoms with Gasteiger partial charge in [-0.05, 0) is 32.6 Å². The van der Waals surface area contributed by atoms with Gasteiger partial charge in [0.2, 0.25) is 5.82 Å². The summed E-state index contributed by atoms with van der Waals surface area (Å²) in [5.41, 5.74) is -0.869. The number of anilines is 1. The van der Waals surface area contributed by atoms with Crippen LogP contribution in [0.15, 0.2) is 6.20 Å². The first-order chi connectivity index (χ1) is 9.82. The first-order valence-corrected chi connectivity index (χ1v) is 7.56. The predicted molar refractivity (Wildman–Crippen MR) is 83.0 cm³/mol. The van der Waals surface area contributed by atoms with E-state index in [0.717, 1.165) is 0 Å². The number of rotatable bonds is 4. The smallest absolute Gasteiger partial charge is 0.329 e.